The molecule has 1 fully saturated rings. The zero-order chi connectivity index (χ0) is 21.1. The van der Waals surface area contributed by atoms with Crippen molar-refractivity contribution in [3.8, 4) is 11.5 Å². The van der Waals surface area contributed by atoms with Crippen LogP contribution in [0.5, 0.6) is 11.5 Å². The highest BCUT2D eigenvalue weighted by Gasteiger charge is 2.24. The SMILES string of the molecule is COc1ccc(CCN(C)C2CCCN(Cc3c(C)nc4sccn34)C2)cc1OC. The second kappa shape index (κ2) is 9.37. The first-order chi connectivity index (χ1) is 14.6. The van der Waals surface area contributed by atoms with Gasteiger partial charge in [-0.25, -0.2) is 4.98 Å². The Hall–Kier alpha value is -2.09. The number of benzene rings is 1. The molecule has 1 atom stereocenters. The van der Waals surface area contributed by atoms with E-state index >= 15 is 0 Å². The Labute approximate surface area is 183 Å². The van der Waals surface area contributed by atoms with Gasteiger partial charge in [-0.3, -0.25) is 9.30 Å². The minimum absolute atomic E-state index is 0.588. The molecule has 1 saturated heterocycles. The minimum atomic E-state index is 0.588. The number of piperidine rings is 1. The fourth-order valence-electron chi connectivity index (χ4n) is 4.40. The van der Waals surface area contributed by atoms with Crippen molar-refractivity contribution in [2.75, 3.05) is 40.9 Å². The molecule has 2 aromatic heterocycles. The van der Waals surface area contributed by atoms with Crippen molar-refractivity contribution in [3.05, 3.63) is 46.7 Å². The van der Waals surface area contributed by atoms with Gasteiger partial charge in [0.15, 0.2) is 16.5 Å². The molecule has 0 spiro atoms. The van der Waals surface area contributed by atoms with Gasteiger partial charge in [0.05, 0.1) is 25.6 Å². The van der Waals surface area contributed by atoms with Gasteiger partial charge < -0.3 is 14.4 Å². The molecule has 0 aliphatic carbocycles. The smallest absolute Gasteiger partial charge is 0.194 e. The Morgan fingerprint density at radius 1 is 1.23 bits per heavy atom. The molecule has 1 unspecified atom stereocenters. The predicted octanol–water partition coefficient (Wildman–Crippen LogP) is 3.86. The number of imidazole rings is 1. The molecular weight excluding hydrogens is 396 g/mol. The maximum Gasteiger partial charge on any atom is 0.194 e. The van der Waals surface area contributed by atoms with Crippen LogP contribution in [0.3, 0.4) is 0 Å². The molecule has 1 aromatic carbocycles. The molecule has 0 radical (unpaired) electrons. The van der Waals surface area contributed by atoms with Crippen LogP contribution in [-0.4, -0.2) is 66.1 Å². The third kappa shape index (κ3) is 4.48. The van der Waals surface area contributed by atoms with Crippen LogP contribution in [0.1, 0.15) is 29.8 Å². The van der Waals surface area contributed by atoms with Crippen molar-refractivity contribution in [1.29, 1.82) is 0 Å². The Bertz CT molecular complexity index is 983. The number of likely N-dealkylation sites (tertiary alicyclic amines) is 1. The van der Waals surface area contributed by atoms with Gasteiger partial charge in [0.1, 0.15) is 0 Å². The maximum absolute atomic E-state index is 5.45. The number of aromatic nitrogens is 2. The molecule has 0 N–H and O–H groups in total. The van der Waals surface area contributed by atoms with Gasteiger partial charge in [-0.15, -0.1) is 11.3 Å². The van der Waals surface area contributed by atoms with Gasteiger partial charge >= 0.3 is 0 Å². The van der Waals surface area contributed by atoms with Crippen LogP contribution in [-0.2, 0) is 13.0 Å². The molecule has 6 nitrogen and oxygen atoms in total. The van der Waals surface area contributed by atoms with Crippen LogP contribution >= 0.6 is 11.3 Å². The second-order valence-electron chi connectivity index (χ2n) is 8.15. The van der Waals surface area contributed by atoms with Crippen molar-refractivity contribution in [3.63, 3.8) is 0 Å². The second-order valence-corrected chi connectivity index (χ2v) is 9.02. The lowest BCUT2D eigenvalue weighted by atomic mass is 10.0. The number of nitrogens with zero attached hydrogens (tertiary/aromatic N) is 4. The van der Waals surface area contributed by atoms with Crippen LogP contribution in [0.2, 0.25) is 0 Å². The Balaban J connectivity index is 1.35. The van der Waals surface area contributed by atoms with Gasteiger partial charge in [-0.1, -0.05) is 6.07 Å². The number of aryl methyl sites for hydroxylation is 1. The lowest BCUT2D eigenvalue weighted by Gasteiger charge is -2.37. The fourth-order valence-corrected chi connectivity index (χ4v) is 5.18. The molecule has 1 aliphatic rings. The number of methoxy groups -OCH3 is 2. The van der Waals surface area contributed by atoms with E-state index in [0.717, 1.165) is 54.8 Å². The molecular formula is C23H32N4O2S. The number of thiazole rings is 1. The molecule has 3 aromatic rings. The van der Waals surface area contributed by atoms with Crippen LogP contribution in [0.15, 0.2) is 29.8 Å². The van der Waals surface area contributed by atoms with Crippen molar-refractivity contribution < 1.29 is 9.47 Å². The fraction of sp³-hybridized carbons (Fsp3) is 0.522. The van der Waals surface area contributed by atoms with Crippen molar-refractivity contribution >= 4 is 16.3 Å². The van der Waals surface area contributed by atoms with E-state index in [1.807, 2.05) is 6.07 Å². The summed E-state index contributed by atoms with van der Waals surface area (Å²) in [6, 6.07) is 6.81. The number of hydrogen-bond acceptors (Lipinski definition) is 6. The zero-order valence-corrected chi connectivity index (χ0v) is 19.2. The first-order valence-corrected chi connectivity index (χ1v) is 11.5. The molecule has 3 heterocycles. The quantitative estimate of drug-likeness (QED) is 0.545. The molecule has 0 bridgehead atoms. The van der Waals surface area contributed by atoms with Crippen LogP contribution in [0.25, 0.3) is 4.96 Å². The summed E-state index contributed by atoms with van der Waals surface area (Å²) in [6.07, 6.45) is 5.66. The molecule has 4 rings (SSSR count). The highest BCUT2D eigenvalue weighted by Crippen LogP contribution is 2.28. The summed E-state index contributed by atoms with van der Waals surface area (Å²) >= 11 is 1.71. The summed E-state index contributed by atoms with van der Waals surface area (Å²) in [5.41, 5.74) is 3.77. The summed E-state index contributed by atoms with van der Waals surface area (Å²) in [6.45, 7) is 6.42. The van der Waals surface area contributed by atoms with E-state index in [1.54, 1.807) is 25.6 Å². The predicted molar refractivity (Wildman–Crippen MR) is 122 cm³/mol. The Kier molecular flexibility index (Phi) is 6.61. The number of fused-ring (bicyclic) bond motifs is 1. The van der Waals surface area contributed by atoms with Gasteiger partial charge in [0, 0.05) is 37.3 Å². The molecule has 7 heteroatoms. The maximum atomic E-state index is 5.45. The molecule has 1 aliphatic heterocycles. The van der Waals surface area contributed by atoms with Crippen molar-refractivity contribution in [1.82, 2.24) is 19.2 Å². The third-order valence-electron chi connectivity index (χ3n) is 6.24. The van der Waals surface area contributed by atoms with E-state index in [-0.39, 0.29) is 0 Å². The highest BCUT2D eigenvalue weighted by atomic mass is 32.1. The zero-order valence-electron chi connectivity index (χ0n) is 18.4. The lowest BCUT2D eigenvalue weighted by molar-refractivity contribution is 0.111. The third-order valence-corrected chi connectivity index (χ3v) is 7.00. The molecule has 30 heavy (non-hydrogen) atoms. The van der Waals surface area contributed by atoms with Gasteiger partial charge in [-0.2, -0.15) is 0 Å². The highest BCUT2D eigenvalue weighted by molar-refractivity contribution is 7.15. The van der Waals surface area contributed by atoms with Crippen LogP contribution in [0, 0.1) is 6.92 Å². The standard InChI is InChI=1S/C23H32N4O2S/c1-17-20(27-12-13-30-23(27)24-17)16-26-10-5-6-19(15-26)25(2)11-9-18-7-8-21(28-3)22(14-18)29-4/h7-8,12-14,19H,5-6,9-11,15-16H2,1-4H3. The van der Waals surface area contributed by atoms with Gasteiger partial charge in [-0.05, 0) is 57.5 Å². The van der Waals surface area contributed by atoms with E-state index in [9.17, 15) is 0 Å². The van der Waals surface area contributed by atoms with E-state index in [1.165, 1.54) is 24.1 Å². The van der Waals surface area contributed by atoms with E-state index in [4.69, 9.17) is 14.5 Å². The van der Waals surface area contributed by atoms with Gasteiger partial charge in [0.2, 0.25) is 0 Å². The topological polar surface area (TPSA) is 42.2 Å². The molecule has 0 amide bonds. The number of rotatable bonds is 8. The van der Waals surface area contributed by atoms with E-state index in [2.05, 4.69) is 51.9 Å². The average molecular weight is 429 g/mol. The normalized spacial score (nSPS) is 17.7. The van der Waals surface area contributed by atoms with Crippen LogP contribution in [0.4, 0.5) is 0 Å². The van der Waals surface area contributed by atoms with E-state index in [0.29, 0.717) is 6.04 Å². The summed E-state index contributed by atoms with van der Waals surface area (Å²) < 4.78 is 13.1. The summed E-state index contributed by atoms with van der Waals surface area (Å²) in [5, 5.41) is 2.12. The Morgan fingerprint density at radius 3 is 2.87 bits per heavy atom. The van der Waals surface area contributed by atoms with E-state index < -0.39 is 0 Å². The van der Waals surface area contributed by atoms with Crippen molar-refractivity contribution in [2.24, 2.45) is 0 Å². The monoisotopic (exact) mass is 428 g/mol. The largest absolute Gasteiger partial charge is 0.493 e. The van der Waals surface area contributed by atoms with Crippen molar-refractivity contribution in [2.45, 2.75) is 38.8 Å². The molecule has 162 valence electrons. The van der Waals surface area contributed by atoms with Crippen LogP contribution < -0.4 is 9.47 Å². The first kappa shape index (κ1) is 21.2. The first-order valence-electron chi connectivity index (χ1n) is 10.6. The number of ether oxygens (including phenoxy) is 2. The number of likely N-dealkylation sites (N-methyl/N-ethyl adjacent to an activating group) is 1. The summed E-state index contributed by atoms with van der Waals surface area (Å²) in [5.74, 6) is 1.59. The average Bonchev–Trinajstić information content (AvgIpc) is 3.34. The minimum Gasteiger partial charge on any atom is -0.493 e. The Morgan fingerprint density at radius 2 is 2.07 bits per heavy atom. The molecule has 0 saturated carbocycles. The summed E-state index contributed by atoms with van der Waals surface area (Å²) in [7, 11) is 5.63. The summed E-state index contributed by atoms with van der Waals surface area (Å²) in [4.78, 5) is 10.9. The number of hydrogen-bond donors (Lipinski definition) is 0. The van der Waals surface area contributed by atoms with Gasteiger partial charge in [0.25, 0.3) is 0 Å². The lowest BCUT2D eigenvalue weighted by Crippen LogP contribution is -2.46.